The van der Waals surface area contributed by atoms with E-state index in [1.807, 2.05) is 55.1 Å². The Balaban J connectivity index is 1.10. The van der Waals surface area contributed by atoms with Crippen LogP contribution in [0.5, 0.6) is 6.01 Å². The number of ether oxygens (including phenoxy) is 2. The Bertz CT molecular complexity index is 2100. The van der Waals surface area contributed by atoms with Gasteiger partial charge in [-0.1, -0.05) is 50.1 Å². The molecule has 0 spiro atoms. The summed E-state index contributed by atoms with van der Waals surface area (Å²) in [7, 11) is 0. The van der Waals surface area contributed by atoms with Gasteiger partial charge in [-0.3, -0.25) is 19.5 Å². The average molecular weight is 689 g/mol. The molecule has 51 heavy (non-hydrogen) atoms. The number of aromatic nitrogens is 3. The van der Waals surface area contributed by atoms with Gasteiger partial charge < -0.3 is 19.3 Å². The number of halogens is 1. The Morgan fingerprint density at radius 2 is 1.82 bits per heavy atom. The first-order chi connectivity index (χ1) is 24.8. The van der Waals surface area contributed by atoms with Gasteiger partial charge in [-0.05, 0) is 69.0 Å². The number of hydrogen-bond acceptors (Lipinski definition) is 9. The molecule has 1 amide bonds. The Labute approximate surface area is 296 Å². The second-order valence-electron chi connectivity index (χ2n) is 15.2. The Morgan fingerprint density at radius 1 is 1.10 bits per heavy atom. The smallest absolute Gasteiger partial charge is 0.319 e. The maximum Gasteiger partial charge on any atom is 0.319 e. The summed E-state index contributed by atoms with van der Waals surface area (Å²) in [4.78, 5) is 46.9. The van der Waals surface area contributed by atoms with Gasteiger partial charge in [0.05, 0.1) is 10.9 Å². The molecule has 7 heterocycles. The van der Waals surface area contributed by atoms with E-state index in [0.717, 1.165) is 62.4 Å². The Hall–Kier alpha value is -4.82. The number of benzene rings is 2. The van der Waals surface area contributed by atoms with Crippen molar-refractivity contribution in [3.8, 4) is 29.6 Å². The number of anilines is 1. The van der Waals surface area contributed by atoms with Crippen molar-refractivity contribution in [3.63, 3.8) is 0 Å². The number of rotatable bonds is 7. The van der Waals surface area contributed by atoms with E-state index in [-0.39, 0.29) is 52.6 Å². The van der Waals surface area contributed by atoms with Gasteiger partial charge in [0.1, 0.15) is 29.6 Å². The normalized spacial score (nSPS) is 25.3. The van der Waals surface area contributed by atoms with Crippen LogP contribution in [0, 0.1) is 30.0 Å². The number of cyclic esters (lactones) is 1. The number of terminal acetylenes is 1. The van der Waals surface area contributed by atoms with Crippen LogP contribution in [-0.4, -0.2) is 93.1 Å². The van der Waals surface area contributed by atoms with Crippen LogP contribution in [0.2, 0.25) is 0 Å². The van der Waals surface area contributed by atoms with Crippen LogP contribution in [0.4, 0.5) is 10.2 Å². The largest absolute Gasteiger partial charge is 0.461 e. The van der Waals surface area contributed by atoms with Crippen LogP contribution in [0.15, 0.2) is 42.6 Å². The van der Waals surface area contributed by atoms with Crippen LogP contribution in [-0.2, 0) is 14.3 Å². The number of amides is 1. The number of carbonyl (C=O) groups excluding carboxylic acids is 2. The fraction of sp³-hybridized carbons (Fsp3) is 0.475. The zero-order valence-corrected chi connectivity index (χ0v) is 29.0. The summed E-state index contributed by atoms with van der Waals surface area (Å²) in [5.74, 6) is 1.90. The standard InChI is InChI=1S/C40H41FN6O4/c1-4-24-9-5-10-25-11-6-12-28(31(24)25)33-32(41)34-29(19-42-33)36(44-39(43-34)50-22-40-15-7-17-46(40)18-8-16-40)45-20-26-13-14-27(21-45)47(26)37(48)35-30(23(2)3)38(49)51-35/h1,5-6,9-12,19,23,26-27,30,35H,7-8,13-18,20-22H2,2-3H3. The molecule has 10 nitrogen and oxygen atoms in total. The molecule has 11 heteroatoms. The van der Waals surface area contributed by atoms with Crippen molar-refractivity contribution < 1.29 is 23.5 Å². The van der Waals surface area contributed by atoms with Gasteiger partial charge in [-0.2, -0.15) is 9.97 Å². The van der Waals surface area contributed by atoms with Crippen molar-refractivity contribution in [2.24, 2.45) is 11.8 Å². The highest BCUT2D eigenvalue weighted by atomic mass is 19.1. The second-order valence-corrected chi connectivity index (χ2v) is 15.2. The number of pyridine rings is 1. The summed E-state index contributed by atoms with van der Waals surface area (Å²) in [6, 6.07) is 11.3. The Kier molecular flexibility index (Phi) is 7.65. The minimum atomic E-state index is -0.738. The predicted molar refractivity (Wildman–Crippen MR) is 191 cm³/mol. The van der Waals surface area contributed by atoms with Gasteiger partial charge in [0.25, 0.3) is 5.91 Å². The van der Waals surface area contributed by atoms with E-state index in [9.17, 15) is 9.59 Å². The average Bonchev–Trinajstić information content (AvgIpc) is 3.79. The first kappa shape index (κ1) is 32.1. The molecule has 4 aromatic rings. The molecule has 0 aliphatic carbocycles. The fourth-order valence-electron chi connectivity index (χ4n) is 9.57. The molecular formula is C40H41FN6O4. The van der Waals surface area contributed by atoms with Crippen molar-refractivity contribution in [2.75, 3.05) is 37.7 Å². The van der Waals surface area contributed by atoms with Crippen molar-refractivity contribution in [2.45, 2.75) is 76.1 Å². The lowest BCUT2D eigenvalue weighted by Gasteiger charge is -2.45. The summed E-state index contributed by atoms with van der Waals surface area (Å²) in [5, 5.41) is 2.14. The lowest BCUT2D eigenvalue weighted by Crippen LogP contribution is -2.63. The summed E-state index contributed by atoms with van der Waals surface area (Å²) in [5.41, 5.74) is 1.50. The number of esters is 1. The van der Waals surface area contributed by atoms with E-state index >= 15 is 4.39 Å². The van der Waals surface area contributed by atoms with Gasteiger partial charge in [0, 0.05) is 47.9 Å². The molecule has 262 valence electrons. The zero-order valence-electron chi connectivity index (χ0n) is 29.0. The molecule has 0 radical (unpaired) electrons. The summed E-state index contributed by atoms with van der Waals surface area (Å²) >= 11 is 0. The van der Waals surface area contributed by atoms with Gasteiger partial charge in [-0.15, -0.1) is 6.42 Å². The highest BCUT2D eigenvalue weighted by Gasteiger charge is 2.54. The van der Waals surface area contributed by atoms with Gasteiger partial charge >= 0.3 is 12.0 Å². The number of hydrogen-bond donors (Lipinski definition) is 0. The second kappa shape index (κ2) is 12.2. The number of piperazine rings is 1. The predicted octanol–water partition coefficient (Wildman–Crippen LogP) is 5.35. The molecule has 0 N–H and O–H groups in total. The zero-order chi connectivity index (χ0) is 35.0. The Morgan fingerprint density at radius 3 is 2.51 bits per heavy atom. The molecule has 5 saturated heterocycles. The van der Waals surface area contributed by atoms with E-state index in [1.54, 1.807) is 6.20 Å². The van der Waals surface area contributed by atoms with Gasteiger partial charge in [0.2, 0.25) is 0 Å². The summed E-state index contributed by atoms with van der Waals surface area (Å²) in [6.45, 7) is 7.45. The van der Waals surface area contributed by atoms with E-state index in [1.165, 1.54) is 0 Å². The minimum Gasteiger partial charge on any atom is -0.461 e. The maximum atomic E-state index is 17.0. The van der Waals surface area contributed by atoms with Crippen LogP contribution in [0.1, 0.15) is 57.9 Å². The van der Waals surface area contributed by atoms with Crippen LogP contribution < -0.4 is 9.64 Å². The molecule has 0 saturated carbocycles. The molecule has 5 fully saturated rings. The SMILES string of the molecule is C#Cc1cccc2cccc(-c3ncc4c(N5CC6CCC(C5)N6C(=O)C5OC(=O)C5C(C)C)nc(OCC56CCCN5CCC6)nc4c3F)c12. The highest BCUT2D eigenvalue weighted by Crippen LogP contribution is 2.42. The first-order valence-electron chi connectivity index (χ1n) is 18.3. The molecule has 4 unspecified atom stereocenters. The summed E-state index contributed by atoms with van der Waals surface area (Å²) < 4.78 is 28.9. The third kappa shape index (κ3) is 5.05. The van der Waals surface area contributed by atoms with Crippen LogP contribution in [0.25, 0.3) is 32.9 Å². The van der Waals surface area contributed by atoms with Gasteiger partial charge in [-0.25, -0.2) is 4.39 Å². The summed E-state index contributed by atoms with van der Waals surface area (Å²) in [6.07, 6.45) is 12.8. The topological polar surface area (TPSA) is 101 Å². The molecule has 5 aliphatic rings. The van der Waals surface area contributed by atoms with Crippen LogP contribution in [0.3, 0.4) is 0 Å². The third-order valence-corrected chi connectivity index (χ3v) is 12.1. The van der Waals surface area contributed by atoms with E-state index in [4.69, 9.17) is 30.8 Å². The maximum absolute atomic E-state index is 17.0. The monoisotopic (exact) mass is 688 g/mol. The van der Waals surface area contributed by atoms with Crippen molar-refractivity contribution >= 4 is 39.4 Å². The lowest BCUT2D eigenvalue weighted by molar-refractivity contribution is -0.197. The molecule has 9 rings (SSSR count). The van der Waals surface area contributed by atoms with E-state index in [2.05, 4.69) is 15.7 Å². The fourth-order valence-corrected chi connectivity index (χ4v) is 9.57. The van der Waals surface area contributed by atoms with Gasteiger partial charge in [0.15, 0.2) is 11.9 Å². The van der Waals surface area contributed by atoms with Crippen LogP contribution >= 0.6 is 0 Å². The number of nitrogens with zero attached hydrogens (tertiary/aromatic N) is 6. The quantitative estimate of drug-likeness (QED) is 0.188. The molecule has 2 aromatic carbocycles. The van der Waals surface area contributed by atoms with Crippen molar-refractivity contribution in [1.82, 2.24) is 24.8 Å². The molecule has 5 aliphatic heterocycles. The third-order valence-electron chi connectivity index (χ3n) is 12.1. The number of carbonyl (C=O) groups is 2. The van der Waals surface area contributed by atoms with Crippen molar-refractivity contribution in [1.29, 1.82) is 0 Å². The molecule has 2 aromatic heterocycles. The first-order valence-corrected chi connectivity index (χ1v) is 18.3. The molecule has 4 atom stereocenters. The van der Waals surface area contributed by atoms with E-state index < -0.39 is 17.8 Å². The number of fused-ring (bicyclic) bond motifs is 5. The molecule has 2 bridgehead atoms. The minimum absolute atomic E-state index is 0.0179. The lowest BCUT2D eigenvalue weighted by atomic mass is 9.85. The van der Waals surface area contributed by atoms with Crippen molar-refractivity contribution in [3.05, 3.63) is 54.0 Å². The highest BCUT2D eigenvalue weighted by molar-refractivity contribution is 6.02. The van der Waals surface area contributed by atoms with E-state index in [0.29, 0.717) is 42.0 Å². The molecular weight excluding hydrogens is 647 g/mol.